The average molecular weight is 387 g/mol. The number of hydrogen-bond acceptors (Lipinski definition) is 6. The van der Waals surface area contributed by atoms with Gasteiger partial charge >= 0.3 is 6.09 Å². The van der Waals surface area contributed by atoms with Crippen molar-refractivity contribution in [3.8, 4) is 11.6 Å². The molecule has 2 aromatic heterocycles. The van der Waals surface area contributed by atoms with E-state index in [2.05, 4.69) is 33.5 Å². The first kappa shape index (κ1) is 19.0. The van der Waals surface area contributed by atoms with E-state index in [1.807, 2.05) is 12.1 Å². The lowest BCUT2D eigenvalue weighted by atomic mass is 9.84. The Bertz CT molecular complexity index is 806. The smallest absolute Gasteiger partial charge is 0.409 e. The number of carbonyl (C=O) groups excluding carboxylic acids is 1. The van der Waals surface area contributed by atoms with E-state index in [1.165, 1.54) is 13.5 Å². The van der Waals surface area contributed by atoms with Crippen molar-refractivity contribution in [2.45, 2.75) is 45.2 Å². The minimum absolute atomic E-state index is 0.234. The van der Waals surface area contributed by atoms with Crippen LogP contribution in [0.25, 0.3) is 11.6 Å². The highest BCUT2D eigenvalue weighted by molar-refractivity contribution is 5.68. The van der Waals surface area contributed by atoms with Gasteiger partial charge in [0.2, 0.25) is 0 Å². The van der Waals surface area contributed by atoms with Crippen LogP contribution in [0.1, 0.15) is 38.9 Å². The number of aromatic nitrogens is 3. The quantitative estimate of drug-likeness (QED) is 0.803. The van der Waals surface area contributed by atoms with Gasteiger partial charge in [-0.15, -0.1) is 10.2 Å². The molecule has 2 aromatic rings. The molecule has 1 saturated heterocycles. The lowest BCUT2D eigenvalue weighted by Gasteiger charge is -2.48. The third kappa shape index (κ3) is 3.41. The molecule has 0 saturated carbocycles. The zero-order valence-electron chi connectivity index (χ0n) is 16.9. The van der Waals surface area contributed by atoms with E-state index in [4.69, 9.17) is 9.15 Å². The summed E-state index contributed by atoms with van der Waals surface area (Å²) in [7, 11) is 1.43. The molecule has 1 amide bonds. The molecule has 8 nitrogen and oxygen atoms in total. The highest BCUT2D eigenvalue weighted by Gasteiger charge is 2.46. The van der Waals surface area contributed by atoms with Crippen molar-refractivity contribution in [2.75, 3.05) is 33.3 Å². The maximum Gasteiger partial charge on any atom is 0.409 e. The molecule has 28 heavy (non-hydrogen) atoms. The molecule has 152 valence electrons. The van der Waals surface area contributed by atoms with Crippen LogP contribution in [0.3, 0.4) is 0 Å². The van der Waals surface area contributed by atoms with Gasteiger partial charge in [-0.2, -0.15) is 0 Å². The summed E-state index contributed by atoms with van der Waals surface area (Å²) in [5.41, 5.74) is -0.234. The summed E-state index contributed by atoms with van der Waals surface area (Å²) in [5, 5.41) is 8.81. The van der Waals surface area contributed by atoms with Crippen LogP contribution < -0.4 is 0 Å². The highest BCUT2D eigenvalue weighted by Crippen LogP contribution is 2.39. The first-order valence-electron chi connectivity index (χ1n) is 10.1. The minimum atomic E-state index is -0.310. The van der Waals surface area contributed by atoms with Gasteiger partial charge in [0.25, 0.3) is 0 Å². The average Bonchev–Trinajstić information content (AvgIpc) is 3.36. The van der Waals surface area contributed by atoms with Crippen molar-refractivity contribution >= 4 is 6.09 Å². The van der Waals surface area contributed by atoms with Crippen LogP contribution in [0.5, 0.6) is 0 Å². The van der Waals surface area contributed by atoms with Gasteiger partial charge in [0.1, 0.15) is 0 Å². The number of ether oxygens (including phenoxy) is 1. The van der Waals surface area contributed by atoms with E-state index in [9.17, 15) is 4.79 Å². The Morgan fingerprint density at radius 2 is 2.11 bits per heavy atom. The van der Waals surface area contributed by atoms with Gasteiger partial charge in [0.05, 0.1) is 25.5 Å². The Hall–Kier alpha value is -2.35. The number of likely N-dealkylation sites (tertiary alicyclic amines) is 1. The molecule has 8 heteroatoms. The molecule has 2 aliphatic heterocycles. The Labute approximate surface area is 165 Å². The van der Waals surface area contributed by atoms with Crippen LogP contribution in [-0.4, -0.2) is 63.9 Å². The van der Waals surface area contributed by atoms with Gasteiger partial charge < -0.3 is 14.1 Å². The van der Waals surface area contributed by atoms with Crippen LogP contribution in [0.4, 0.5) is 4.79 Å². The molecule has 4 heterocycles. The number of furan rings is 1. The van der Waals surface area contributed by atoms with Gasteiger partial charge in [-0.3, -0.25) is 9.47 Å². The van der Waals surface area contributed by atoms with E-state index >= 15 is 0 Å². The fourth-order valence-corrected chi connectivity index (χ4v) is 4.41. The summed E-state index contributed by atoms with van der Waals surface area (Å²) in [6, 6.07) is 3.77. The Morgan fingerprint density at radius 3 is 2.75 bits per heavy atom. The van der Waals surface area contributed by atoms with E-state index < -0.39 is 0 Å². The van der Waals surface area contributed by atoms with Crippen LogP contribution >= 0.6 is 0 Å². The zero-order chi connectivity index (χ0) is 19.7. The highest BCUT2D eigenvalue weighted by atomic mass is 16.5. The zero-order valence-corrected chi connectivity index (χ0v) is 16.9. The van der Waals surface area contributed by atoms with Crippen molar-refractivity contribution in [1.82, 2.24) is 24.6 Å². The van der Waals surface area contributed by atoms with Crippen molar-refractivity contribution in [1.29, 1.82) is 0 Å². The Balaban J connectivity index is 1.64. The molecule has 0 aliphatic carbocycles. The van der Waals surface area contributed by atoms with Crippen molar-refractivity contribution < 1.29 is 13.9 Å². The second-order valence-corrected chi connectivity index (χ2v) is 8.33. The van der Waals surface area contributed by atoms with Gasteiger partial charge in [-0.05, 0) is 43.9 Å². The normalized spacial score (nSPS) is 19.2. The van der Waals surface area contributed by atoms with E-state index in [0.29, 0.717) is 24.8 Å². The Kier molecular flexibility index (Phi) is 5.14. The van der Waals surface area contributed by atoms with E-state index in [-0.39, 0.29) is 11.6 Å². The maximum atomic E-state index is 12.3. The second kappa shape index (κ2) is 7.58. The fourth-order valence-electron chi connectivity index (χ4n) is 4.41. The van der Waals surface area contributed by atoms with Crippen LogP contribution in [0.2, 0.25) is 0 Å². The number of fused-ring (bicyclic) bond motifs is 2. The molecule has 1 fully saturated rings. The second-order valence-electron chi connectivity index (χ2n) is 8.33. The molecule has 0 radical (unpaired) electrons. The number of rotatable bonds is 4. The summed E-state index contributed by atoms with van der Waals surface area (Å²) in [6.07, 6.45) is 4.43. The van der Waals surface area contributed by atoms with Crippen LogP contribution in [0, 0.1) is 5.92 Å². The predicted molar refractivity (Wildman–Crippen MR) is 104 cm³/mol. The summed E-state index contributed by atoms with van der Waals surface area (Å²) in [4.78, 5) is 16.6. The van der Waals surface area contributed by atoms with Gasteiger partial charge in [-0.25, -0.2) is 4.79 Å². The summed E-state index contributed by atoms with van der Waals surface area (Å²) in [5.74, 6) is 2.96. The van der Waals surface area contributed by atoms with E-state index in [1.54, 1.807) is 11.2 Å². The summed E-state index contributed by atoms with van der Waals surface area (Å²) in [6.45, 7) is 8.65. The number of methoxy groups -OCH3 is 1. The van der Waals surface area contributed by atoms with E-state index in [0.717, 1.165) is 44.1 Å². The first-order valence-corrected chi connectivity index (χ1v) is 10.1. The van der Waals surface area contributed by atoms with Gasteiger partial charge in [-0.1, -0.05) is 13.8 Å². The first-order chi connectivity index (χ1) is 13.5. The third-order valence-corrected chi connectivity index (χ3v) is 6.01. The lowest BCUT2D eigenvalue weighted by molar-refractivity contribution is 0.0349. The molecule has 0 atom stereocenters. The molecular weight excluding hydrogens is 358 g/mol. The minimum Gasteiger partial charge on any atom is -0.461 e. The predicted octanol–water partition coefficient (Wildman–Crippen LogP) is 2.96. The molecule has 0 bridgehead atoms. The van der Waals surface area contributed by atoms with Crippen molar-refractivity contribution in [3.05, 3.63) is 24.2 Å². The monoisotopic (exact) mass is 387 g/mol. The lowest BCUT2D eigenvalue weighted by Crippen LogP contribution is -2.57. The molecular formula is C20H29N5O3. The molecule has 0 N–H and O–H groups in total. The third-order valence-electron chi connectivity index (χ3n) is 6.01. The van der Waals surface area contributed by atoms with Gasteiger partial charge in [0.15, 0.2) is 17.4 Å². The molecule has 0 aromatic carbocycles. The topological polar surface area (TPSA) is 76.6 Å². The van der Waals surface area contributed by atoms with Crippen LogP contribution in [0.15, 0.2) is 22.8 Å². The molecule has 0 unspecified atom stereocenters. The number of nitrogens with zero attached hydrogens (tertiary/aromatic N) is 5. The van der Waals surface area contributed by atoms with Crippen molar-refractivity contribution in [2.24, 2.45) is 5.92 Å². The standard InChI is InChI=1S/C20H29N5O3/c1-15(2)6-9-23-10-7-20(8-11-23)14-24(19(26)27-3)13-17-21-22-18(25(17)20)16-5-4-12-28-16/h4-5,12,15H,6-11,13-14H2,1-3H3. The van der Waals surface area contributed by atoms with Crippen molar-refractivity contribution in [3.63, 3.8) is 0 Å². The van der Waals surface area contributed by atoms with Gasteiger partial charge in [0, 0.05) is 19.6 Å². The number of carbonyl (C=O) groups is 1. The number of amides is 1. The number of piperidine rings is 1. The largest absolute Gasteiger partial charge is 0.461 e. The number of hydrogen-bond donors (Lipinski definition) is 0. The SMILES string of the molecule is COC(=O)N1Cc2nnc(-c3ccco3)n2C2(CCN(CCC(C)C)CC2)C1. The Morgan fingerprint density at radius 1 is 1.32 bits per heavy atom. The van der Waals surface area contributed by atoms with Crippen LogP contribution in [-0.2, 0) is 16.8 Å². The molecule has 2 aliphatic rings. The fraction of sp³-hybridized carbons (Fsp3) is 0.650. The molecule has 4 rings (SSSR count). The molecule has 1 spiro atoms. The summed E-state index contributed by atoms with van der Waals surface area (Å²) < 4.78 is 12.9. The maximum absolute atomic E-state index is 12.3. The summed E-state index contributed by atoms with van der Waals surface area (Å²) >= 11 is 0.